The number of carbonyl (C=O) groups is 2. The van der Waals surface area contributed by atoms with Gasteiger partial charge in [-0.3, -0.25) is 9.59 Å². The zero-order chi connectivity index (χ0) is 48.8. The van der Waals surface area contributed by atoms with Gasteiger partial charge in [0.1, 0.15) is 0 Å². The molecule has 10 heteroatoms. The van der Waals surface area contributed by atoms with Gasteiger partial charge in [0.05, 0.1) is 26.1 Å². The summed E-state index contributed by atoms with van der Waals surface area (Å²) in [4.78, 5) is 27.7. The van der Waals surface area contributed by atoms with Gasteiger partial charge in [-0.15, -0.1) is 0 Å². The van der Waals surface area contributed by atoms with E-state index >= 15 is 0 Å². The van der Waals surface area contributed by atoms with E-state index in [0.717, 1.165) is 173 Å². The standard InChI is InChI=1S/C57H104BrNO8/c1-5-9-13-17-25-35-50-64-56(65-51-36-26-18-14-10-6-2)42-40-54(60)62-48-33-29-21-23-31-45-59(47-39-44-58)46-32-24-22-30-34-49-63-55(61)41-43-57(66-52-37-27-19-15-11-7-3)67-53-38-28-20-16-12-8-4/h9-16,56-57H,5-8,17-53H2,1-4H3/b13-9-,14-10-,15-11-,16-12-. The van der Waals surface area contributed by atoms with Crippen LogP contribution in [-0.4, -0.2) is 94.0 Å². The second kappa shape index (κ2) is 55.1. The van der Waals surface area contributed by atoms with Crippen LogP contribution in [0.4, 0.5) is 0 Å². The Morgan fingerprint density at radius 1 is 0.388 bits per heavy atom. The molecule has 0 saturated carbocycles. The quantitative estimate of drug-likeness (QED) is 0.0194. The van der Waals surface area contributed by atoms with Crippen molar-refractivity contribution in [2.45, 2.75) is 239 Å². The van der Waals surface area contributed by atoms with Gasteiger partial charge in [-0.2, -0.15) is 0 Å². The van der Waals surface area contributed by atoms with Crippen LogP contribution in [0.2, 0.25) is 0 Å². The number of unbranched alkanes of at least 4 members (excludes halogenated alkanes) is 16. The van der Waals surface area contributed by atoms with Crippen molar-refractivity contribution >= 4 is 27.9 Å². The van der Waals surface area contributed by atoms with Gasteiger partial charge < -0.3 is 33.3 Å². The zero-order valence-corrected chi connectivity index (χ0v) is 45.4. The second-order valence-corrected chi connectivity index (χ2v) is 18.6. The lowest BCUT2D eigenvalue weighted by Crippen LogP contribution is -2.27. The number of alkyl halides is 1. The van der Waals surface area contributed by atoms with Crippen molar-refractivity contribution in [2.75, 3.05) is 64.6 Å². The van der Waals surface area contributed by atoms with E-state index < -0.39 is 0 Å². The Morgan fingerprint density at radius 3 is 1.01 bits per heavy atom. The predicted molar refractivity (Wildman–Crippen MR) is 286 cm³/mol. The van der Waals surface area contributed by atoms with Gasteiger partial charge in [-0.05, 0) is 154 Å². The number of hydrogen-bond donors (Lipinski definition) is 0. The highest BCUT2D eigenvalue weighted by Gasteiger charge is 2.15. The van der Waals surface area contributed by atoms with Gasteiger partial charge in [-0.25, -0.2) is 0 Å². The molecular weight excluding hydrogens is 907 g/mol. The third-order valence-corrected chi connectivity index (χ3v) is 12.0. The fraction of sp³-hybridized carbons (Fsp3) is 0.825. The first-order valence-corrected chi connectivity index (χ1v) is 28.8. The Kier molecular flexibility index (Phi) is 53.6. The molecule has 0 aromatic rings. The summed E-state index contributed by atoms with van der Waals surface area (Å²) in [7, 11) is 0. The first kappa shape index (κ1) is 65.2. The topological polar surface area (TPSA) is 92.8 Å². The highest BCUT2D eigenvalue weighted by Crippen LogP contribution is 2.14. The number of nitrogens with zero attached hydrogens (tertiary/aromatic N) is 1. The normalized spacial score (nSPS) is 12.2. The summed E-state index contributed by atoms with van der Waals surface area (Å²) in [6.45, 7) is 15.6. The lowest BCUT2D eigenvalue weighted by Gasteiger charge is -2.22. The van der Waals surface area contributed by atoms with E-state index in [-0.39, 0.29) is 24.5 Å². The maximum Gasteiger partial charge on any atom is 0.305 e. The molecule has 0 heterocycles. The number of rotatable bonds is 53. The summed E-state index contributed by atoms with van der Waals surface area (Å²) >= 11 is 3.62. The molecule has 67 heavy (non-hydrogen) atoms. The molecule has 0 aliphatic rings. The average Bonchev–Trinajstić information content (AvgIpc) is 3.33. The third kappa shape index (κ3) is 50.4. The van der Waals surface area contributed by atoms with Crippen molar-refractivity contribution in [2.24, 2.45) is 0 Å². The summed E-state index contributed by atoms with van der Waals surface area (Å²) in [5.74, 6) is -0.308. The fourth-order valence-corrected chi connectivity index (χ4v) is 7.68. The minimum atomic E-state index is -0.352. The van der Waals surface area contributed by atoms with Crippen LogP contribution in [0, 0.1) is 0 Å². The average molecular weight is 1010 g/mol. The molecule has 0 aromatic carbocycles. The number of ether oxygens (including phenoxy) is 6. The molecule has 0 N–H and O–H groups in total. The number of esters is 2. The molecule has 0 aliphatic heterocycles. The Morgan fingerprint density at radius 2 is 0.687 bits per heavy atom. The molecule has 0 atom stereocenters. The third-order valence-electron chi connectivity index (χ3n) is 11.4. The Bertz CT molecular complexity index is 1030. The maximum atomic E-state index is 12.6. The molecule has 392 valence electrons. The number of allylic oxidation sites excluding steroid dienone is 8. The van der Waals surface area contributed by atoms with Crippen LogP contribution in [0.1, 0.15) is 227 Å². The van der Waals surface area contributed by atoms with Crippen molar-refractivity contribution < 1.29 is 38.0 Å². The molecule has 9 nitrogen and oxygen atoms in total. The second-order valence-electron chi connectivity index (χ2n) is 17.8. The summed E-state index contributed by atoms with van der Waals surface area (Å²) in [5.41, 5.74) is 0. The summed E-state index contributed by atoms with van der Waals surface area (Å²) < 4.78 is 35.4. The largest absolute Gasteiger partial charge is 0.466 e. The summed E-state index contributed by atoms with van der Waals surface area (Å²) in [6.07, 6.45) is 48.1. The molecule has 0 amide bonds. The SMILES string of the molecule is CC/C=C\CCCCOC(CCC(=O)OCCCCCCCN(CCCBr)CCCCCCCOC(=O)CCC(OCCCC/C=C\CC)OCCCC/C=C\CC)OCCCC/C=C\CC. The van der Waals surface area contributed by atoms with Gasteiger partial charge >= 0.3 is 11.9 Å². The fourth-order valence-electron chi connectivity index (χ4n) is 7.43. The number of hydrogen-bond acceptors (Lipinski definition) is 9. The molecule has 0 aliphatic carbocycles. The number of carbonyl (C=O) groups excluding carboxylic acids is 2. The van der Waals surface area contributed by atoms with Crippen LogP contribution in [0.3, 0.4) is 0 Å². The van der Waals surface area contributed by atoms with E-state index in [1.807, 2.05) is 0 Å². The maximum absolute atomic E-state index is 12.6. The van der Waals surface area contributed by atoms with Crippen LogP contribution in [-0.2, 0) is 38.0 Å². The van der Waals surface area contributed by atoms with Gasteiger partial charge in [0.15, 0.2) is 12.6 Å². The smallest absolute Gasteiger partial charge is 0.305 e. The van der Waals surface area contributed by atoms with Gasteiger partial charge in [0, 0.05) is 44.6 Å². The van der Waals surface area contributed by atoms with Crippen LogP contribution in [0.5, 0.6) is 0 Å². The van der Waals surface area contributed by atoms with E-state index in [1.54, 1.807) is 0 Å². The lowest BCUT2D eigenvalue weighted by atomic mass is 10.1. The lowest BCUT2D eigenvalue weighted by molar-refractivity contribution is -0.159. The molecule has 0 saturated heterocycles. The van der Waals surface area contributed by atoms with Gasteiger partial charge in [0.2, 0.25) is 0 Å². The van der Waals surface area contributed by atoms with Gasteiger partial charge in [-0.1, -0.05) is 131 Å². The van der Waals surface area contributed by atoms with E-state index in [9.17, 15) is 9.59 Å². The molecule has 0 spiro atoms. The first-order chi connectivity index (χ1) is 33.0. The summed E-state index contributed by atoms with van der Waals surface area (Å²) in [6, 6.07) is 0. The molecule has 0 unspecified atom stereocenters. The van der Waals surface area contributed by atoms with E-state index in [1.165, 1.54) is 25.7 Å². The van der Waals surface area contributed by atoms with Crippen LogP contribution < -0.4 is 0 Å². The highest BCUT2D eigenvalue weighted by atomic mass is 79.9. The molecule has 0 bridgehead atoms. The van der Waals surface area contributed by atoms with Crippen LogP contribution in [0.15, 0.2) is 48.6 Å². The monoisotopic (exact) mass is 1010 g/mol. The van der Waals surface area contributed by atoms with Crippen molar-refractivity contribution in [3.8, 4) is 0 Å². The molecule has 0 aromatic heterocycles. The van der Waals surface area contributed by atoms with Crippen molar-refractivity contribution in [1.29, 1.82) is 0 Å². The van der Waals surface area contributed by atoms with Crippen molar-refractivity contribution in [1.82, 2.24) is 4.90 Å². The van der Waals surface area contributed by atoms with E-state index in [4.69, 9.17) is 28.4 Å². The Hall–Kier alpha value is -1.82. The molecule has 0 rings (SSSR count). The minimum absolute atomic E-state index is 0.154. The Balaban J connectivity index is 4.24. The highest BCUT2D eigenvalue weighted by molar-refractivity contribution is 9.09. The summed E-state index contributed by atoms with van der Waals surface area (Å²) in [5, 5.41) is 1.03. The molecule has 0 radical (unpaired) electrons. The van der Waals surface area contributed by atoms with Crippen molar-refractivity contribution in [3.63, 3.8) is 0 Å². The zero-order valence-electron chi connectivity index (χ0n) is 43.9. The minimum Gasteiger partial charge on any atom is -0.466 e. The molecule has 0 fully saturated rings. The van der Waals surface area contributed by atoms with Crippen molar-refractivity contribution in [3.05, 3.63) is 48.6 Å². The predicted octanol–water partition coefficient (Wildman–Crippen LogP) is 15.9. The van der Waals surface area contributed by atoms with Gasteiger partial charge in [0.25, 0.3) is 0 Å². The van der Waals surface area contributed by atoms with E-state index in [2.05, 4.69) is 97.1 Å². The molecular formula is C57H104BrNO8. The number of halogens is 1. The Labute approximate surface area is 421 Å². The first-order valence-electron chi connectivity index (χ1n) is 27.7. The van der Waals surface area contributed by atoms with Crippen LogP contribution in [0.25, 0.3) is 0 Å². The van der Waals surface area contributed by atoms with E-state index in [0.29, 0.717) is 65.3 Å². The van der Waals surface area contributed by atoms with Crippen LogP contribution >= 0.6 is 15.9 Å².